The van der Waals surface area contributed by atoms with Crippen molar-refractivity contribution in [3.63, 3.8) is 0 Å². The van der Waals surface area contributed by atoms with Gasteiger partial charge in [0, 0.05) is 25.2 Å². The molecule has 0 aliphatic carbocycles. The van der Waals surface area contributed by atoms with Crippen molar-refractivity contribution in [2.24, 2.45) is 0 Å². The second-order valence-electron chi connectivity index (χ2n) is 4.55. The van der Waals surface area contributed by atoms with Gasteiger partial charge in [-0.05, 0) is 31.1 Å². The van der Waals surface area contributed by atoms with Gasteiger partial charge in [-0.25, -0.2) is 4.79 Å². The molecule has 6 nitrogen and oxygen atoms in total. The number of hydrogen-bond acceptors (Lipinski definition) is 4. The Morgan fingerprint density at radius 2 is 2.20 bits per heavy atom. The van der Waals surface area contributed by atoms with Crippen LogP contribution in [0.1, 0.15) is 25.8 Å². The van der Waals surface area contributed by atoms with Crippen LogP contribution < -0.4 is 4.90 Å². The van der Waals surface area contributed by atoms with E-state index in [1.807, 2.05) is 25.8 Å². The topological polar surface area (TPSA) is 83.7 Å². The zero-order chi connectivity index (χ0) is 15.3. The number of carboxylic acid groups (broad SMARTS) is 1. The zero-order valence-corrected chi connectivity index (χ0v) is 11.7. The highest BCUT2D eigenvalue weighted by Gasteiger charge is 2.19. The minimum Gasteiger partial charge on any atom is -0.478 e. The van der Waals surface area contributed by atoms with Crippen molar-refractivity contribution in [3.8, 4) is 0 Å². The molecule has 0 amide bonds. The van der Waals surface area contributed by atoms with E-state index in [4.69, 9.17) is 5.11 Å². The molecule has 1 rings (SSSR count). The summed E-state index contributed by atoms with van der Waals surface area (Å²) in [5.74, 6) is -1.09. The average molecular weight is 278 g/mol. The number of hydrogen-bond donors (Lipinski definition) is 1. The summed E-state index contributed by atoms with van der Waals surface area (Å²) in [6, 6.07) is 4.87. The number of carboxylic acids is 1. The molecule has 0 bridgehead atoms. The summed E-state index contributed by atoms with van der Waals surface area (Å²) in [5.41, 5.74) is 0.984. The Labute approximate surface area is 117 Å². The molecule has 1 unspecified atom stereocenters. The maximum Gasteiger partial charge on any atom is 0.328 e. The Morgan fingerprint density at radius 3 is 2.70 bits per heavy atom. The summed E-state index contributed by atoms with van der Waals surface area (Å²) in [5, 5.41) is 19.7. The summed E-state index contributed by atoms with van der Waals surface area (Å²) in [4.78, 5) is 23.0. The molecule has 1 aromatic carbocycles. The normalized spacial score (nSPS) is 12.3. The molecule has 1 aromatic rings. The van der Waals surface area contributed by atoms with Gasteiger partial charge >= 0.3 is 5.97 Å². The van der Waals surface area contributed by atoms with E-state index in [0.29, 0.717) is 11.3 Å². The van der Waals surface area contributed by atoms with Crippen molar-refractivity contribution in [1.82, 2.24) is 0 Å². The predicted octanol–water partition coefficient (Wildman–Crippen LogP) is 2.93. The van der Waals surface area contributed by atoms with Crippen LogP contribution >= 0.6 is 0 Å². The highest BCUT2D eigenvalue weighted by atomic mass is 16.6. The van der Waals surface area contributed by atoms with Gasteiger partial charge in [0.05, 0.1) is 4.92 Å². The molecule has 0 spiro atoms. The maximum atomic E-state index is 11.2. The van der Waals surface area contributed by atoms with Crippen LogP contribution in [0.3, 0.4) is 0 Å². The van der Waals surface area contributed by atoms with Gasteiger partial charge in [0.15, 0.2) is 0 Å². The fourth-order valence-corrected chi connectivity index (χ4v) is 1.77. The summed E-state index contributed by atoms with van der Waals surface area (Å²) in [6.45, 7) is 4.00. The lowest BCUT2D eigenvalue weighted by atomic mass is 10.1. The van der Waals surface area contributed by atoms with Crippen LogP contribution in [0.2, 0.25) is 0 Å². The van der Waals surface area contributed by atoms with Gasteiger partial charge in [0.25, 0.3) is 5.69 Å². The van der Waals surface area contributed by atoms with Gasteiger partial charge in [0.2, 0.25) is 0 Å². The van der Waals surface area contributed by atoms with Gasteiger partial charge in [-0.2, -0.15) is 0 Å². The molecule has 0 radical (unpaired) electrons. The van der Waals surface area contributed by atoms with Gasteiger partial charge in [-0.3, -0.25) is 10.1 Å². The smallest absolute Gasteiger partial charge is 0.328 e. The number of aliphatic carboxylic acids is 1. The highest BCUT2D eigenvalue weighted by Crippen LogP contribution is 2.30. The number of carbonyl (C=O) groups is 1. The van der Waals surface area contributed by atoms with Crippen molar-refractivity contribution in [2.45, 2.75) is 26.3 Å². The largest absolute Gasteiger partial charge is 0.478 e. The first-order valence-electron chi connectivity index (χ1n) is 6.29. The molecule has 1 N–H and O–H groups in total. The fourth-order valence-electron chi connectivity index (χ4n) is 1.77. The van der Waals surface area contributed by atoms with Gasteiger partial charge in [0.1, 0.15) is 5.69 Å². The van der Waals surface area contributed by atoms with Crippen molar-refractivity contribution < 1.29 is 14.8 Å². The van der Waals surface area contributed by atoms with E-state index in [9.17, 15) is 14.9 Å². The summed E-state index contributed by atoms with van der Waals surface area (Å²) in [7, 11) is 1.81. The Kier molecular flexibility index (Phi) is 5.25. The lowest BCUT2D eigenvalue weighted by molar-refractivity contribution is -0.384. The van der Waals surface area contributed by atoms with E-state index in [-0.39, 0.29) is 11.7 Å². The first-order chi connectivity index (χ1) is 9.36. The van der Waals surface area contributed by atoms with Gasteiger partial charge in [-0.1, -0.05) is 13.0 Å². The lowest BCUT2D eigenvalue weighted by Gasteiger charge is -2.25. The fraction of sp³-hybridized carbons (Fsp3) is 0.357. The maximum absolute atomic E-state index is 11.2. The zero-order valence-electron chi connectivity index (χ0n) is 11.7. The number of benzene rings is 1. The third kappa shape index (κ3) is 3.81. The molecule has 0 aliphatic rings. The molecule has 1 atom stereocenters. The van der Waals surface area contributed by atoms with E-state index in [1.165, 1.54) is 12.1 Å². The van der Waals surface area contributed by atoms with E-state index in [1.54, 1.807) is 12.1 Å². The standard InChI is InChI=1S/C14H18N2O4/c1-4-10(2)15(3)12-7-5-11(6-8-14(17)18)9-13(12)16(19)20/h5-10H,4H2,1-3H3,(H,17,18)/b8-6+. The number of anilines is 1. The summed E-state index contributed by atoms with van der Waals surface area (Å²) < 4.78 is 0. The summed E-state index contributed by atoms with van der Waals surface area (Å²) >= 11 is 0. The molecule has 20 heavy (non-hydrogen) atoms. The molecular weight excluding hydrogens is 260 g/mol. The molecule has 0 saturated carbocycles. The summed E-state index contributed by atoms with van der Waals surface area (Å²) in [6.07, 6.45) is 3.16. The first-order valence-corrected chi connectivity index (χ1v) is 6.29. The highest BCUT2D eigenvalue weighted by molar-refractivity contribution is 5.85. The molecule has 108 valence electrons. The van der Waals surface area contributed by atoms with Crippen molar-refractivity contribution in [3.05, 3.63) is 40.0 Å². The SMILES string of the molecule is CCC(C)N(C)c1ccc(/C=C/C(=O)O)cc1[N+](=O)[O-]. The minimum absolute atomic E-state index is 0.0275. The molecule has 0 fully saturated rings. The molecule has 0 saturated heterocycles. The quantitative estimate of drug-likeness (QED) is 0.491. The van der Waals surface area contributed by atoms with Gasteiger partial charge < -0.3 is 10.0 Å². The van der Waals surface area contributed by atoms with Crippen molar-refractivity contribution in [2.75, 3.05) is 11.9 Å². The molecule has 0 aromatic heterocycles. The van der Waals surface area contributed by atoms with Crippen LogP contribution in [0, 0.1) is 10.1 Å². The lowest BCUT2D eigenvalue weighted by Crippen LogP contribution is -2.28. The van der Waals surface area contributed by atoms with Crippen LogP contribution in [0.25, 0.3) is 6.08 Å². The Hall–Kier alpha value is -2.37. The van der Waals surface area contributed by atoms with Crippen LogP contribution in [0.15, 0.2) is 24.3 Å². The number of nitro benzene ring substituents is 1. The third-order valence-electron chi connectivity index (χ3n) is 3.25. The monoisotopic (exact) mass is 278 g/mol. The number of rotatable bonds is 6. The van der Waals surface area contributed by atoms with Crippen LogP contribution in [-0.4, -0.2) is 29.1 Å². The van der Waals surface area contributed by atoms with E-state index in [0.717, 1.165) is 12.5 Å². The number of nitrogens with zero attached hydrogens (tertiary/aromatic N) is 2. The third-order valence-corrected chi connectivity index (χ3v) is 3.25. The molecule has 0 aliphatic heterocycles. The predicted molar refractivity (Wildman–Crippen MR) is 77.9 cm³/mol. The minimum atomic E-state index is -1.09. The first kappa shape index (κ1) is 15.7. The van der Waals surface area contributed by atoms with Crippen LogP contribution in [-0.2, 0) is 4.79 Å². The second kappa shape index (κ2) is 6.70. The van der Waals surface area contributed by atoms with Crippen molar-refractivity contribution >= 4 is 23.4 Å². The van der Waals surface area contributed by atoms with Crippen molar-refractivity contribution in [1.29, 1.82) is 0 Å². The van der Waals surface area contributed by atoms with E-state index >= 15 is 0 Å². The number of nitro groups is 1. The molecule has 6 heteroatoms. The van der Waals surface area contributed by atoms with Crippen LogP contribution in [0.5, 0.6) is 0 Å². The molecule has 0 heterocycles. The van der Waals surface area contributed by atoms with Crippen LogP contribution in [0.4, 0.5) is 11.4 Å². The Balaban J connectivity index is 3.21. The van der Waals surface area contributed by atoms with Gasteiger partial charge in [-0.15, -0.1) is 0 Å². The van der Waals surface area contributed by atoms with E-state index < -0.39 is 10.9 Å². The average Bonchev–Trinajstić information content (AvgIpc) is 2.43. The van der Waals surface area contributed by atoms with E-state index in [2.05, 4.69) is 0 Å². The Bertz CT molecular complexity index is 540. The Morgan fingerprint density at radius 1 is 1.55 bits per heavy atom. The molecular formula is C14H18N2O4. The second-order valence-corrected chi connectivity index (χ2v) is 4.55.